The number of hydrogen-bond donors (Lipinski definition) is 1. The Hall–Kier alpha value is -3.59. The highest BCUT2D eigenvalue weighted by atomic mass is 16.5. The fraction of sp³-hybridized carbons (Fsp3) is 0.531. The molecule has 2 amide bonds. The van der Waals surface area contributed by atoms with E-state index in [1.54, 1.807) is 14.2 Å². The number of nitrogens with zero attached hydrogens (tertiary/aromatic N) is 1. The standard InChI is InChI=1S/C32H42N2O7/c1-31(2,3)27-28(35)34-20-32(40-6,19-25(34)29(36)39-5)24-14-13-21-18-26(38-4)22(16-23(21)17-24)12-10-8-7-9-11-15-41-30(37)33-27/h10,12-14,16-18,25,27H,7-9,11,15,19-20H2,1-6H3,(H,33,37)/t25-,27+,32-/m0/s1. The van der Waals surface area contributed by atoms with Crippen LogP contribution in [0.3, 0.4) is 0 Å². The first-order valence-corrected chi connectivity index (χ1v) is 14.2. The van der Waals surface area contributed by atoms with Gasteiger partial charge in [0, 0.05) is 19.1 Å². The number of methoxy groups -OCH3 is 3. The number of allylic oxidation sites excluding steroid dienone is 1. The predicted octanol–water partition coefficient (Wildman–Crippen LogP) is 5.19. The van der Waals surface area contributed by atoms with E-state index >= 15 is 0 Å². The summed E-state index contributed by atoms with van der Waals surface area (Å²) in [7, 11) is 4.55. The van der Waals surface area contributed by atoms with Crippen molar-refractivity contribution in [1.29, 1.82) is 0 Å². The zero-order chi connectivity index (χ0) is 29.8. The Morgan fingerprint density at radius 1 is 1.05 bits per heavy atom. The topological polar surface area (TPSA) is 103 Å². The van der Waals surface area contributed by atoms with Crippen LogP contribution in [-0.4, -0.2) is 69.4 Å². The summed E-state index contributed by atoms with van der Waals surface area (Å²) in [5, 5.41) is 4.77. The lowest BCUT2D eigenvalue weighted by Gasteiger charge is -2.35. The first kappa shape index (κ1) is 30.4. The van der Waals surface area contributed by atoms with Gasteiger partial charge in [-0.25, -0.2) is 9.59 Å². The maximum atomic E-state index is 14.1. The van der Waals surface area contributed by atoms with Crippen molar-refractivity contribution < 1.29 is 33.3 Å². The summed E-state index contributed by atoms with van der Waals surface area (Å²) >= 11 is 0. The molecule has 2 aromatic carbocycles. The molecule has 0 aliphatic carbocycles. The molecule has 222 valence electrons. The summed E-state index contributed by atoms with van der Waals surface area (Å²) in [5.41, 5.74) is 0.173. The molecule has 41 heavy (non-hydrogen) atoms. The van der Waals surface area contributed by atoms with Gasteiger partial charge in [-0.2, -0.15) is 0 Å². The Kier molecular flexibility index (Phi) is 9.27. The quantitative estimate of drug-likeness (QED) is 0.510. The third-order valence-electron chi connectivity index (χ3n) is 8.11. The molecule has 4 rings (SSSR count). The highest BCUT2D eigenvalue weighted by Gasteiger charge is 2.53. The van der Waals surface area contributed by atoms with Crippen LogP contribution in [-0.2, 0) is 29.4 Å². The highest BCUT2D eigenvalue weighted by Crippen LogP contribution is 2.42. The minimum Gasteiger partial charge on any atom is -0.496 e. The SMILES string of the molecule is COC(=O)[C@@H]1C[C@]2(OC)CN1C(=O)[C@H](C(C)(C)C)NC(=O)OCCCCCC=Cc1cc3cc2ccc3cc1OC. The molecular weight excluding hydrogens is 524 g/mol. The van der Waals surface area contributed by atoms with Gasteiger partial charge in [-0.15, -0.1) is 0 Å². The van der Waals surface area contributed by atoms with E-state index in [9.17, 15) is 14.4 Å². The van der Waals surface area contributed by atoms with Crippen molar-refractivity contribution in [2.24, 2.45) is 5.41 Å². The molecule has 0 aromatic heterocycles. The van der Waals surface area contributed by atoms with Crippen LogP contribution in [0.2, 0.25) is 0 Å². The van der Waals surface area contributed by atoms with Gasteiger partial charge in [0.05, 0.1) is 27.4 Å². The lowest BCUT2D eigenvalue weighted by molar-refractivity contribution is -0.152. The van der Waals surface area contributed by atoms with E-state index in [0.29, 0.717) is 6.42 Å². The third-order valence-corrected chi connectivity index (χ3v) is 8.11. The second-order valence-electron chi connectivity index (χ2n) is 11.9. The largest absolute Gasteiger partial charge is 0.496 e. The maximum Gasteiger partial charge on any atom is 0.407 e. The number of carbonyl (C=O) groups excluding carboxylic acids is 3. The second kappa shape index (κ2) is 12.5. The summed E-state index contributed by atoms with van der Waals surface area (Å²) < 4.78 is 22.3. The van der Waals surface area contributed by atoms with Crippen LogP contribution < -0.4 is 10.1 Å². The van der Waals surface area contributed by atoms with Crippen molar-refractivity contribution in [3.63, 3.8) is 0 Å². The van der Waals surface area contributed by atoms with E-state index in [-0.39, 0.29) is 19.6 Å². The van der Waals surface area contributed by atoms with Gasteiger partial charge < -0.3 is 29.2 Å². The van der Waals surface area contributed by atoms with Gasteiger partial charge in [0.2, 0.25) is 5.91 Å². The molecular formula is C32H42N2O7. The Labute approximate surface area is 242 Å². The third kappa shape index (κ3) is 6.50. The molecule has 2 aromatic rings. The number of fused-ring (bicyclic) bond motifs is 5. The number of ether oxygens (including phenoxy) is 4. The molecule has 0 unspecified atom stereocenters. The first-order valence-electron chi connectivity index (χ1n) is 14.2. The molecule has 5 bridgehead atoms. The van der Waals surface area contributed by atoms with E-state index in [0.717, 1.165) is 46.9 Å². The minimum absolute atomic E-state index is 0.111. The Balaban J connectivity index is 1.83. The monoisotopic (exact) mass is 566 g/mol. The van der Waals surface area contributed by atoms with Crippen LogP contribution in [0, 0.1) is 5.41 Å². The van der Waals surface area contributed by atoms with Crippen molar-refractivity contribution in [3.05, 3.63) is 47.5 Å². The lowest BCUT2D eigenvalue weighted by atomic mass is 9.85. The number of hydrogen-bond acceptors (Lipinski definition) is 7. The Morgan fingerprint density at radius 2 is 1.83 bits per heavy atom. The van der Waals surface area contributed by atoms with Gasteiger partial charge >= 0.3 is 12.1 Å². The van der Waals surface area contributed by atoms with Crippen LogP contribution in [0.5, 0.6) is 5.75 Å². The van der Waals surface area contributed by atoms with E-state index in [1.165, 1.54) is 12.0 Å². The fourth-order valence-corrected chi connectivity index (χ4v) is 5.70. The fourth-order valence-electron chi connectivity index (χ4n) is 5.70. The molecule has 2 aliphatic rings. The molecule has 0 saturated carbocycles. The number of nitrogens with one attached hydrogen (secondary N) is 1. The summed E-state index contributed by atoms with van der Waals surface area (Å²) in [6, 6.07) is 8.29. The van der Waals surface area contributed by atoms with Gasteiger partial charge in [-0.1, -0.05) is 45.1 Å². The van der Waals surface area contributed by atoms with E-state index in [2.05, 4.69) is 23.5 Å². The van der Waals surface area contributed by atoms with Crippen molar-refractivity contribution >= 4 is 34.8 Å². The molecule has 2 heterocycles. The molecule has 3 atom stereocenters. The van der Waals surface area contributed by atoms with Crippen molar-refractivity contribution in [1.82, 2.24) is 10.2 Å². The maximum absolute atomic E-state index is 14.1. The first-order chi connectivity index (χ1) is 19.5. The molecule has 2 aliphatic heterocycles. The van der Waals surface area contributed by atoms with E-state index in [4.69, 9.17) is 18.9 Å². The number of esters is 1. The minimum atomic E-state index is -0.970. The number of amides is 2. The zero-order valence-corrected chi connectivity index (χ0v) is 25.0. The number of benzene rings is 2. The van der Waals surface area contributed by atoms with Gasteiger partial charge in [-0.3, -0.25) is 4.79 Å². The predicted molar refractivity (Wildman–Crippen MR) is 157 cm³/mol. The average Bonchev–Trinajstić information content (AvgIpc) is 3.36. The smallest absolute Gasteiger partial charge is 0.407 e. The molecule has 1 fully saturated rings. The van der Waals surface area contributed by atoms with Gasteiger partial charge in [0.15, 0.2) is 0 Å². The number of cyclic esters (lactones) is 1. The summed E-state index contributed by atoms with van der Waals surface area (Å²) in [6.07, 6.45) is 7.18. The van der Waals surface area contributed by atoms with Gasteiger partial charge in [0.1, 0.15) is 23.4 Å². The lowest BCUT2D eigenvalue weighted by Crippen LogP contribution is -2.57. The normalized spacial score (nSPS) is 24.3. The van der Waals surface area contributed by atoms with Crippen LogP contribution >= 0.6 is 0 Å². The zero-order valence-electron chi connectivity index (χ0n) is 25.0. The Morgan fingerprint density at radius 3 is 2.51 bits per heavy atom. The van der Waals surface area contributed by atoms with Gasteiger partial charge in [0.25, 0.3) is 0 Å². The second-order valence-corrected chi connectivity index (χ2v) is 11.9. The number of rotatable bonds is 3. The van der Waals surface area contributed by atoms with Crippen molar-refractivity contribution in [2.45, 2.75) is 70.6 Å². The van der Waals surface area contributed by atoms with Gasteiger partial charge in [-0.05, 0) is 65.6 Å². The number of carbonyl (C=O) groups is 3. The number of alkyl carbamates (subject to hydrolysis) is 1. The van der Waals surface area contributed by atoms with E-state index in [1.807, 2.05) is 45.0 Å². The molecule has 9 nitrogen and oxygen atoms in total. The summed E-state index contributed by atoms with van der Waals surface area (Å²) in [4.78, 5) is 41.4. The van der Waals surface area contributed by atoms with Crippen molar-refractivity contribution in [2.75, 3.05) is 34.5 Å². The van der Waals surface area contributed by atoms with Crippen LogP contribution in [0.1, 0.15) is 64.0 Å². The molecule has 1 saturated heterocycles. The molecule has 1 N–H and O–H groups in total. The Bertz CT molecular complexity index is 1320. The molecule has 0 radical (unpaired) electrons. The van der Waals surface area contributed by atoms with E-state index < -0.39 is 41.1 Å². The van der Waals surface area contributed by atoms with Crippen LogP contribution in [0.25, 0.3) is 16.8 Å². The van der Waals surface area contributed by atoms with Crippen LogP contribution in [0.15, 0.2) is 36.4 Å². The summed E-state index contributed by atoms with van der Waals surface area (Å²) in [6.45, 7) is 5.96. The highest BCUT2D eigenvalue weighted by molar-refractivity contribution is 5.92. The van der Waals surface area contributed by atoms with Crippen molar-refractivity contribution in [3.8, 4) is 5.75 Å². The molecule has 0 spiro atoms. The summed E-state index contributed by atoms with van der Waals surface area (Å²) in [5.74, 6) is -0.152. The molecule has 9 heteroatoms. The van der Waals surface area contributed by atoms with Crippen LogP contribution in [0.4, 0.5) is 4.79 Å². The average molecular weight is 567 g/mol.